The van der Waals surface area contributed by atoms with Gasteiger partial charge in [-0.2, -0.15) is 5.26 Å². The average Bonchev–Trinajstić information content (AvgIpc) is 2.18. The lowest BCUT2D eigenvalue weighted by Gasteiger charge is -2.39. The Morgan fingerprint density at radius 2 is 2.21 bits per heavy atom. The zero-order chi connectivity index (χ0) is 10.4. The van der Waals surface area contributed by atoms with Crippen molar-refractivity contribution in [3.05, 3.63) is 0 Å². The molecule has 3 nitrogen and oxygen atoms in total. The zero-order valence-electron chi connectivity index (χ0n) is 9.37. The maximum atomic E-state index is 8.45. The van der Waals surface area contributed by atoms with Crippen LogP contribution in [0.4, 0.5) is 0 Å². The normalized spacial score (nSPS) is 24.8. The summed E-state index contributed by atoms with van der Waals surface area (Å²) in [4.78, 5) is 4.99. The molecule has 1 aliphatic heterocycles. The third-order valence-electron chi connectivity index (χ3n) is 3.02. The predicted molar refractivity (Wildman–Crippen MR) is 58.0 cm³/mol. The van der Waals surface area contributed by atoms with Crippen LogP contribution in [0.15, 0.2) is 0 Å². The zero-order valence-corrected chi connectivity index (χ0v) is 9.37. The molecule has 0 spiro atoms. The fourth-order valence-corrected chi connectivity index (χ4v) is 2.13. The van der Waals surface area contributed by atoms with Crippen LogP contribution in [0.3, 0.4) is 0 Å². The van der Waals surface area contributed by atoms with Crippen molar-refractivity contribution in [2.45, 2.75) is 32.7 Å². The molecule has 1 aliphatic rings. The molecule has 1 heterocycles. The van der Waals surface area contributed by atoms with E-state index >= 15 is 0 Å². The Labute approximate surface area is 87.3 Å². The van der Waals surface area contributed by atoms with Gasteiger partial charge in [0, 0.05) is 32.1 Å². The van der Waals surface area contributed by atoms with Crippen LogP contribution in [0.1, 0.15) is 26.7 Å². The Morgan fingerprint density at radius 1 is 1.43 bits per heavy atom. The number of nitrogens with zero attached hydrogens (tertiary/aromatic N) is 3. The number of piperazine rings is 1. The fraction of sp³-hybridized carbons (Fsp3) is 0.909. The van der Waals surface area contributed by atoms with E-state index in [1.54, 1.807) is 0 Å². The molecule has 1 unspecified atom stereocenters. The van der Waals surface area contributed by atoms with Crippen LogP contribution in [-0.4, -0.2) is 48.6 Å². The number of unbranched alkanes of at least 4 members (excludes halogenated alkanes) is 1. The summed E-state index contributed by atoms with van der Waals surface area (Å²) >= 11 is 0. The highest BCUT2D eigenvalue weighted by Gasteiger charge is 2.21. The number of hydrogen-bond acceptors (Lipinski definition) is 3. The van der Waals surface area contributed by atoms with Gasteiger partial charge < -0.3 is 4.90 Å². The Kier molecular flexibility index (Phi) is 4.92. The van der Waals surface area contributed by atoms with Gasteiger partial charge in [0.2, 0.25) is 0 Å². The first-order valence-electron chi connectivity index (χ1n) is 5.61. The second kappa shape index (κ2) is 6.00. The van der Waals surface area contributed by atoms with Crippen molar-refractivity contribution in [2.75, 3.05) is 32.7 Å². The van der Waals surface area contributed by atoms with Crippen molar-refractivity contribution in [1.29, 1.82) is 5.26 Å². The molecule has 1 atom stereocenters. The third-order valence-corrected chi connectivity index (χ3v) is 3.02. The number of hydrogen-bond donors (Lipinski definition) is 0. The summed E-state index contributed by atoms with van der Waals surface area (Å²) < 4.78 is 0. The smallest absolute Gasteiger partial charge is 0.0622 e. The second-order valence-electron chi connectivity index (χ2n) is 4.04. The van der Waals surface area contributed by atoms with Crippen LogP contribution in [0.25, 0.3) is 0 Å². The maximum absolute atomic E-state index is 8.45. The molecule has 0 aromatic rings. The van der Waals surface area contributed by atoms with E-state index in [1.165, 1.54) is 19.6 Å². The Balaban J connectivity index is 2.22. The first kappa shape index (κ1) is 11.5. The summed E-state index contributed by atoms with van der Waals surface area (Å²) in [6.07, 6.45) is 1.72. The summed E-state index contributed by atoms with van der Waals surface area (Å²) in [7, 11) is 0. The molecule has 3 heteroatoms. The van der Waals surface area contributed by atoms with Crippen molar-refractivity contribution in [3.63, 3.8) is 0 Å². The minimum absolute atomic E-state index is 0.677. The molecule has 0 aliphatic carbocycles. The Bertz CT molecular complexity index is 197. The van der Waals surface area contributed by atoms with Crippen LogP contribution in [0, 0.1) is 11.3 Å². The van der Waals surface area contributed by atoms with E-state index in [1.807, 2.05) is 0 Å². The summed E-state index contributed by atoms with van der Waals surface area (Å²) in [5.41, 5.74) is 0. The fourth-order valence-electron chi connectivity index (χ4n) is 2.13. The highest BCUT2D eigenvalue weighted by Crippen LogP contribution is 2.09. The number of rotatable bonds is 4. The second-order valence-corrected chi connectivity index (χ2v) is 4.04. The lowest BCUT2D eigenvalue weighted by molar-refractivity contribution is 0.0876. The van der Waals surface area contributed by atoms with Gasteiger partial charge >= 0.3 is 0 Å². The van der Waals surface area contributed by atoms with Crippen LogP contribution in [-0.2, 0) is 0 Å². The predicted octanol–water partition coefficient (Wildman–Crippen LogP) is 1.32. The van der Waals surface area contributed by atoms with Crippen LogP contribution in [0.2, 0.25) is 0 Å². The molecule has 80 valence electrons. The van der Waals surface area contributed by atoms with Crippen molar-refractivity contribution in [1.82, 2.24) is 9.80 Å². The van der Waals surface area contributed by atoms with Gasteiger partial charge in [0.15, 0.2) is 0 Å². The summed E-state index contributed by atoms with van der Waals surface area (Å²) in [6, 6.07) is 2.88. The van der Waals surface area contributed by atoms with Gasteiger partial charge in [-0.1, -0.05) is 6.92 Å². The van der Waals surface area contributed by atoms with E-state index in [9.17, 15) is 0 Å². The van der Waals surface area contributed by atoms with E-state index in [0.29, 0.717) is 12.5 Å². The molecular formula is C11H21N3. The van der Waals surface area contributed by atoms with E-state index in [0.717, 1.165) is 19.5 Å². The van der Waals surface area contributed by atoms with Crippen LogP contribution in [0.5, 0.6) is 0 Å². The maximum Gasteiger partial charge on any atom is 0.0622 e. The molecule has 0 amide bonds. The summed E-state index contributed by atoms with van der Waals surface area (Å²) in [5.74, 6) is 0. The largest absolute Gasteiger partial charge is 0.300 e. The van der Waals surface area contributed by atoms with Crippen molar-refractivity contribution >= 4 is 0 Å². The molecule has 0 aromatic carbocycles. The first-order chi connectivity index (χ1) is 6.77. The molecule has 0 N–H and O–H groups in total. The van der Waals surface area contributed by atoms with Crippen LogP contribution < -0.4 is 0 Å². The molecule has 0 aromatic heterocycles. The third kappa shape index (κ3) is 3.28. The molecular weight excluding hydrogens is 174 g/mol. The van der Waals surface area contributed by atoms with E-state index in [-0.39, 0.29) is 0 Å². The highest BCUT2D eigenvalue weighted by molar-refractivity contribution is 4.79. The standard InChI is InChI=1S/C11H21N3/c1-3-14-9-8-13(10-11(14)2)7-5-4-6-12/h11H,3-5,7-10H2,1-2H3. The lowest BCUT2D eigenvalue weighted by Crippen LogP contribution is -2.51. The lowest BCUT2D eigenvalue weighted by atomic mass is 10.2. The molecule has 0 radical (unpaired) electrons. The van der Waals surface area contributed by atoms with Crippen molar-refractivity contribution < 1.29 is 0 Å². The van der Waals surface area contributed by atoms with Gasteiger partial charge in [-0.25, -0.2) is 0 Å². The molecule has 1 saturated heterocycles. The number of nitriles is 1. The van der Waals surface area contributed by atoms with E-state index < -0.39 is 0 Å². The van der Waals surface area contributed by atoms with E-state index in [4.69, 9.17) is 5.26 Å². The van der Waals surface area contributed by atoms with Gasteiger partial charge in [-0.05, 0) is 26.4 Å². The average molecular weight is 195 g/mol. The van der Waals surface area contributed by atoms with Crippen molar-refractivity contribution in [3.8, 4) is 6.07 Å². The monoisotopic (exact) mass is 195 g/mol. The van der Waals surface area contributed by atoms with Gasteiger partial charge in [-0.15, -0.1) is 0 Å². The quantitative estimate of drug-likeness (QED) is 0.634. The Hall–Kier alpha value is -0.590. The summed E-state index contributed by atoms with van der Waals surface area (Å²) in [6.45, 7) is 10.3. The molecule has 1 fully saturated rings. The topological polar surface area (TPSA) is 30.3 Å². The first-order valence-corrected chi connectivity index (χ1v) is 5.61. The van der Waals surface area contributed by atoms with Gasteiger partial charge in [-0.3, -0.25) is 4.90 Å². The SMILES string of the molecule is CCN1CCN(CCCC#N)CC1C. The van der Waals surface area contributed by atoms with Gasteiger partial charge in [0.05, 0.1) is 6.07 Å². The minimum atomic E-state index is 0.677. The van der Waals surface area contributed by atoms with E-state index in [2.05, 4.69) is 29.7 Å². The van der Waals surface area contributed by atoms with Crippen molar-refractivity contribution in [2.24, 2.45) is 0 Å². The Morgan fingerprint density at radius 3 is 2.79 bits per heavy atom. The molecule has 14 heavy (non-hydrogen) atoms. The molecule has 1 rings (SSSR count). The molecule has 0 bridgehead atoms. The van der Waals surface area contributed by atoms with Crippen LogP contribution >= 0.6 is 0 Å². The highest BCUT2D eigenvalue weighted by atomic mass is 15.3. The molecule has 0 saturated carbocycles. The summed E-state index contributed by atoms with van der Waals surface area (Å²) in [5, 5.41) is 8.45. The van der Waals surface area contributed by atoms with Gasteiger partial charge in [0.1, 0.15) is 0 Å². The minimum Gasteiger partial charge on any atom is -0.300 e. The number of likely N-dealkylation sites (N-methyl/N-ethyl adjacent to an activating group) is 1. The van der Waals surface area contributed by atoms with Gasteiger partial charge in [0.25, 0.3) is 0 Å².